The molecule has 0 aromatic carbocycles. The maximum atomic E-state index is 4.15. The Bertz CT molecular complexity index is 466. The molecule has 0 radical (unpaired) electrons. The highest BCUT2D eigenvalue weighted by atomic mass is 14.1. The van der Waals surface area contributed by atoms with Crippen molar-refractivity contribution in [3.8, 4) is 0 Å². The second-order valence-corrected chi connectivity index (χ2v) is 5.20. The molecule has 0 atom stereocenters. The molecule has 0 unspecified atom stereocenters. The van der Waals surface area contributed by atoms with Crippen LogP contribution in [-0.2, 0) is 0 Å². The third-order valence-electron chi connectivity index (χ3n) is 2.85. The van der Waals surface area contributed by atoms with Gasteiger partial charge in [0, 0.05) is 0 Å². The second kappa shape index (κ2) is 8.53. The maximum Gasteiger partial charge on any atom is -0.0150 e. The highest BCUT2D eigenvalue weighted by Gasteiger charge is 2.07. The van der Waals surface area contributed by atoms with Crippen LogP contribution in [0.15, 0.2) is 70.4 Å². The fourth-order valence-electron chi connectivity index (χ4n) is 1.87. The largest absolute Gasteiger partial charge is 0.0915 e. The van der Waals surface area contributed by atoms with Crippen molar-refractivity contribution < 1.29 is 0 Å². The Labute approximate surface area is 119 Å². The molecule has 0 heteroatoms. The van der Waals surface area contributed by atoms with Gasteiger partial charge in [-0.25, -0.2) is 0 Å². The summed E-state index contributed by atoms with van der Waals surface area (Å²) in [7, 11) is 0. The normalized spacial score (nSPS) is 12.6. The molecule has 0 fully saturated rings. The highest BCUT2D eigenvalue weighted by Crippen LogP contribution is 2.26. The summed E-state index contributed by atoms with van der Waals surface area (Å²) in [5, 5.41) is 0. The van der Waals surface area contributed by atoms with E-state index in [0.29, 0.717) is 0 Å². The Morgan fingerprint density at radius 1 is 0.789 bits per heavy atom. The van der Waals surface area contributed by atoms with E-state index in [1.165, 1.54) is 27.9 Å². The molecule has 19 heavy (non-hydrogen) atoms. The molecule has 0 spiro atoms. The van der Waals surface area contributed by atoms with Crippen molar-refractivity contribution in [2.24, 2.45) is 0 Å². The van der Waals surface area contributed by atoms with Crippen molar-refractivity contribution in [1.29, 1.82) is 0 Å². The van der Waals surface area contributed by atoms with Gasteiger partial charge in [0.25, 0.3) is 0 Å². The van der Waals surface area contributed by atoms with Crippen LogP contribution in [0, 0.1) is 0 Å². The molecule has 0 saturated carbocycles. The third-order valence-corrected chi connectivity index (χ3v) is 2.85. The van der Waals surface area contributed by atoms with E-state index in [2.05, 4.69) is 72.4 Å². The summed E-state index contributed by atoms with van der Waals surface area (Å²) in [6, 6.07) is 0. The summed E-state index contributed by atoms with van der Waals surface area (Å²) in [6.45, 7) is 18.9. The topological polar surface area (TPSA) is 0 Å². The summed E-state index contributed by atoms with van der Waals surface area (Å²) < 4.78 is 0. The van der Waals surface area contributed by atoms with Gasteiger partial charge in [-0.05, 0) is 70.8 Å². The van der Waals surface area contributed by atoms with Gasteiger partial charge in [0.2, 0.25) is 0 Å². The minimum Gasteiger partial charge on any atom is -0.0915 e. The quantitative estimate of drug-likeness (QED) is 0.505. The van der Waals surface area contributed by atoms with Crippen LogP contribution in [0.25, 0.3) is 0 Å². The van der Waals surface area contributed by atoms with Crippen molar-refractivity contribution in [2.45, 2.75) is 48.5 Å². The summed E-state index contributed by atoms with van der Waals surface area (Å²) >= 11 is 0. The molecule has 0 rings (SSSR count). The standard InChI is InChI=1S/C19H28/c1-9-11-16(7)17(8)19(13-14(3)4)18(12-10-2)15(5)6/h9-13H,7H2,1-6,8H3/b11-9-,12-10-,19-17-. The fraction of sp³-hybridized carbons (Fsp3) is 0.368. The molecule has 0 aliphatic rings. The van der Waals surface area contributed by atoms with Gasteiger partial charge in [-0.15, -0.1) is 0 Å². The molecule has 0 N–H and O–H groups in total. The Hall–Kier alpha value is -1.56. The average molecular weight is 256 g/mol. The number of allylic oxidation sites excluding steroid dienone is 11. The van der Waals surface area contributed by atoms with Crippen LogP contribution in [0.1, 0.15) is 48.5 Å². The Kier molecular flexibility index (Phi) is 7.83. The van der Waals surface area contributed by atoms with E-state index < -0.39 is 0 Å². The molecule has 0 aliphatic carbocycles. The van der Waals surface area contributed by atoms with Crippen molar-refractivity contribution in [3.63, 3.8) is 0 Å². The Balaban J connectivity index is 6.11. The average Bonchev–Trinajstić information content (AvgIpc) is 2.32. The van der Waals surface area contributed by atoms with Crippen molar-refractivity contribution in [3.05, 3.63) is 70.4 Å². The number of hydrogen-bond donors (Lipinski definition) is 0. The van der Waals surface area contributed by atoms with Crippen LogP contribution in [0.4, 0.5) is 0 Å². The van der Waals surface area contributed by atoms with Gasteiger partial charge in [0.15, 0.2) is 0 Å². The van der Waals surface area contributed by atoms with Crippen molar-refractivity contribution >= 4 is 0 Å². The minimum atomic E-state index is 1.07. The lowest BCUT2D eigenvalue weighted by molar-refractivity contribution is 1.25. The molecular weight excluding hydrogens is 228 g/mol. The van der Waals surface area contributed by atoms with Crippen LogP contribution in [0.5, 0.6) is 0 Å². The molecule has 0 nitrogen and oxygen atoms in total. The lowest BCUT2D eigenvalue weighted by atomic mass is 9.91. The molecule has 0 aromatic rings. The lowest BCUT2D eigenvalue weighted by Gasteiger charge is -2.13. The van der Waals surface area contributed by atoms with Crippen LogP contribution < -0.4 is 0 Å². The first-order valence-corrected chi connectivity index (χ1v) is 6.83. The predicted molar refractivity (Wildman–Crippen MR) is 89.3 cm³/mol. The van der Waals surface area contributed by atoms with Gasteiger partial charge < -0.3 is 0 Å². The van der Waals surface area contributed by atoms with Gasteiger partial charge in [-0.2, -0.15) is 0 Å². The predicted octanol–water partition coefficient (Wildman–Crippen LogP) is 6.31. The van der Waals surface area contributed by atoms with Gasteiger partial charge >= 0.3 is 0 Å². The highest BCUT2D eigenvalue weighted by molar-refractivity contribution is 5.57. The maximum absolute atomic E-state index is 4.15. The monoisotopic (exact) mass is 256 g/mol. The van der Waals surface area contributed by atoms with E-state index in [1.807, 2.05) is 13.0 Å². The SMILES string of the molecule is C=C(/C=C\C)/C(C)=C(/C=C(C)C)C(/C=C\C)=C(C)C. The summed E-state index contributed by atoms with van der Waals surface area (Å²) in [6.07, 6.45) is 10.6. The van der Waals surface area contributed by atoms with E-state index in [4.69, 9.17) is 0 Å². The number of rotatable bonds is 5. The summed E-state index contributed by atoms with van der Waals surface area (Å²) in [4.78, 5) is 0. The van der Waals surface area contributed by atoms with E-state index in [9.17, 15) is 0 Å². The van der Waals surface area contributed by atoms with Gasteiger partial charge in [-0.3, -0.25) is 0 Å². The molecule has 0 saturated heterocycles. The molecule has 0 aliphatic heterocycles. The van der Waals surface area contributed by atoms with Crippen LogP contribution in [-0.4, -0.2) is 0 Å². The van der Waals surface area contributed by atoms with Crippen LogP contribution in [0.2, 0.25) is 0 Å². The van der Waals surface area contributed by atoms with Crippen LogP contribution in [0.3, 0.4) is 0 Å². The smallest absolute Gasteiger partial charge is 0.0150 e. The zero-order chi connectivity index (χ0) is 15.0. The summed E-state index contributed by atoms with van der Waals surface area (Å²) in [5.41, 5.74) is 7.46. The molecule has 0 amide bonds. The Morgan fingerprint density at radius 3 is 1.68 bits per heavy atom. The van der Waals surface area contributed by atoms with Crippen molar-refractivity contribution in [2.75, 3.05) is 0 Å². The Morgan fingerprint density at radius 2 is 1.32 bits per heavy atom. The van der Waals surface area contributed by atoms with Crippen molar-refractivity contribution in [1.82, 2.24) is 0 Å². The van der Waals surface area contributed by atoms with Crippen LogP contribution >= 0.6 is 0 Å². The molecular formula is C19H28. The molecule has 0 bridgehead atoms. The number of hydrogen-bond acceptors (Lipinski definition) is 0. The van der Waals surface area contributed by atoms with E-state index in [1.54, 1.807) is 0 Å². The molecule has 0 aromatic heterocycles. The van der Waals surface area contributed by atoms with E-state index >= 15 is 0 Å². The second-order valence-electron chi connectivity index (χ2n) is 5.20. The summed E-state index contributed by atoms with van der Waals surface area (Å²) in [5.74, 6) is 0. The molecule has 104 valence electrons. The minimum absolute atomic E-state index is 1.07. The molecule has 0 heterocycles. The van der Waals surface area contributed by atoms with E-state index in [-0.39, 0.29) is 0 Å². The third kappa shape index (κ3) is 5.74. The fourth-order valence-corrected chi connectivity index (χ4v) is 1.87. The zero-order valence-electron chi connectivity index (χ0n) is 13.6. The lowest BCUT2D eigenvalue weighted by Crippen LogP contribution is -1.94. The zero-order valence-corrected chi connectivity index (χ0v) is 13.6. The van der Waals surface area contributed by atoms with E-state index in [0.717, 1.165) is 5.57 Å². The van der Waals surface area contributed by atoms with Gasteiger partial charge in [-0.1, -0.05) is 48.1 Å². The van der Waals surface area contributed by atoms with Gasteiger partial charge in [0.05, 0.1) is 0 Å². The first kappa shape index (κ1) is 17.4. The first-order chi connectivity index (χ1) is 8.84. The first-order valence-electron chi connectivity index (χ1n) is 6.83. The van der Waals surface area contributed by atoms with Gasteiger partial charge in [0.1, 0.15) is 0 Å².